The Morgan fingerprint density at radius 1 is 1.43 bits per heavy atom. The van der Waals surface area contributed by atoms with Gasteiger partial charge in [-0.05, 0) is 19.8 Å². The smallest absolute Gasteiger partial charge is 0.0698 e. The third kappa shape index (κ3) is 4.37. The van der Waals surface area contributed by atoms with Crippen molar-refractivity contribution in [3.05, 3.63) is 0 Å². The van der Waals surface area contributed by atoms with E-state index in [1.807, 2.05) is 0 Å². The average Bonchev–Trinajstić information content (AvgIpc) is 2.20. The molecule has 4 heteroatoms. The van der Waals surface area contributed by atoms with Crippen molar-refractivity contribution in [2.45, 2.75) is 32.2 Å². The fourth-order valence-electron chi connectivity index (χ4n) is 1.76. The topological polar surface area (TPSA) is 44.7 Å². The molecule has 1 fully saturated rings. The molecule has 0 saturated carbocycles. The molecule has 0 spiro atoms. The fourth-order valence-corrected chi connectivity index (χ4v) is 1.76. The number of hydrazine groups is 1. The van der Waals surface area contributed by atoms with Crippen LogP contribution in [-0.2, 0) is 4.74 Å². The van der Waals surface area contributed by atoms with E-state index < -0.39 is 0 Å². The van der Waals surface area contributed by atoms with Gasteiger partial charge in [-0.2, -0.15) is 0 Å². The van der Waals surface area contributed by atoms with Crippen LogP contribution in [0.2, 0.25) is 0 Å². The predicted molar refractivity (Wildman–Crippen MR) is 55.9 cm³/mol. The van der Waals surface area contributed by atoms with Crippen LogP contribution in [0, 0.1) is 0 Å². The lowest BCUT2D eigenvalue weighted by Crippen LogP contribution is -2.48. The first-order valence-electron chi connectivity index (χ1n) is 5.53. The summed E-state index contributed by atoms with van der Waals surface area (Å²) in [5, 5.41) is 10.8. The van der Waals surface area contributed by atoms with Gasteiger partial charge in [-0.3, -0.25) is 5.43 Å². The molecule has 1 heterocycles. The summed E-state index contributed by atoms with van der Waals surface area (Å²) in [4.78, 5) is 0. The number of nitrogens with one attached hydrogen (secondary N) is 1. The van der Waals surface area contributed by atoms with Gasteiger partial charge in [0.05, 0.1) is 19.8 Å². The molecule has 0 amide bonds. The number of aliphatic hydroxyl groups excluding tert-OH is 1. The van der Waals surface area contributed by atoms with Crippen molar-refractivity contribution in [1.29, 1.82) is 0 Å². The molecule has 1 aliphatic rings. The van der Waals surface area contributed by atoms with Crippen LogP contribution in [0.15, 0.2) is 0 Å². The molecule has 1 rings (SSSR count). The quantitative estimate of drug-likeness (QED) is 0.611. The minimum atomic E-state index is 0.111. The van der Waals surface area contributed by atoms with E-state index in [0.717, 1.165) is 13.1 Å². The van der Waals surface area contributed by atoms with Crippen molar-refractivity contribution in [3.8, 4) is 0 Å². The van der Waals surface area contributed by atoms with Crippen LogP contribution >= 0.6 is 0 Å². The fraction of sp³-hybridized carbons (Fsp3) is 1.00. The van der Waals surface area contributed by atoms with Gasteiger partial charge in [0.2, 0.25) is 0 Å². The number of rotatable bonds is 6. The zero-order valence-electron chi connectivity index (χ0n) is 9.04. The van der Waals surface area contributed by atoms with Crippen molar-refractivity contribution in [1.82, 2.24) is 10.4 Å². The second-order valence-corrected chi connectivity index (χ2v) is 3.78. The molecule has 1 aliphatic heterocycles. The summed E-state index contributed by atoms with van der Waals surface area (Å²) in [6, 6.07) is 0.640. The SMILES string of the molecule is CC1CCCCN1NCCOCCO. The lowest BCUT2D eigenvalue weighted by atomic mass is 10.1. The number of aliphatic hydroxyl groups is 1. The van der Waals surface area contributed by atoms with Crippen LogP contribution in [0.4, 0.5) is 0 Å². The van der Waals surface area contributed by atoms with Gasteiger partial charge in [-0.15, -0.1) is 0 Å². The molecule has 84 valence electrons. The lowest BCUT2D eigenvalue weighted by Gasteiger charge is -2.33. The highest BCUT2D eigenvalue weighted by Gasteiger charge is 2.16. The molecule has 0 bridgehead atoms. The molecular weight excluding hydrogens is 180 g/mol. The molecule has 0 radical (unpaired) electrons. The summed E-state index contributed by atoms with van der Waals surface area (Å²) in [5.74, 6) is 0. The van der Waals surface area contributed by atoms with Crippen molar-refractivity contribution in [3.63, 3.8) is 0 Å². The lowest BCUT2D eigenvalue weighted by molar-refractivity contribution is 0.0557. The van der Waals surface area contributed by atoms with Crippen LogP contribution in [0.1, 0.15) is 26.2 Å². The van der Waals surface area contributed by atoms with Crippen molar-refractivity contribution in [2.75, 3.05) is 32.9 Å². The monoisotopic (exact) mass is 202 g/mol. The van der Waals surface area contributed by atoms with Crippen LogP contribution in [0.3, 0.4) is 0 Å². The van der Waals surface area contributed by atoms with Gasteiger partial charge in [0.15, 0.2) is 0 Å². The van der Waals surface area contributed by atoms with Crippen molar-refractivity contribution >= 4 is 0 Å². The van der Waals surface area contributed by atoms with E-state index >= 15 is 0 Å². The molecule has 0 aromatic heterocycles. The van der Waals surface area contributed by atoms with E-state index in [1.165, 1.54) is 19.3 Å². The Bertz CT molecular complexity index is 144. The Kier molecular flexibility index (Phi) is 6.10. The van der Waals surface area contributed by atoms with E-state index in [9.17, 15) is 0 Å². The third-order valence-corrected chi connectivity index (χ3v) is 2.60. The second kappa shape index (κ2) is 7.17. The predicted octanol–water partition coefficient (Wildman–Crippen LogP) is 0.374. The Morgan fingerprint density at radius 2 is 2.29 bits per heavy atom. The highest BCUT2D eigenvalue weighted by molar-refractivity contribution is 4.69. The maximum Gasteiger partial charge on any atom is 0.0698 e. The highest BCUT2D eigenvalue weighted by atomic mass is 16.5. The first-order chi connectivity index (χ1) is 6.84. The van der Waals surface area contributed by atoms with E-state index in [0.29, 0.717) is 19.3 Å². The standard InChI is InChI=1S/C10H22N2O2/c1-10-4-2-3-6-12(10)11-5-8-14-9-7-13/h10-11,13H,2-9H2,1H3. The van der Waals surface area contributed by atoms with Gasteiger partial charge in [0.1, 0.15) is 0 Å². The number of hydrogen-bond acceptors (Lipinski definition) is 4. The maximum absolute atomic E-state index is 8.50. The summed E-state index contributed by atoms with van der Waals surface area (Å²) in [6.45, 7) is 5.45. The highest BCUT2D eigenvalue weighted by Crippen LogP contribution is 2.13. The molecule has 1 unspecified atom stereocenters. The Labute approximate surface area is 86.2 Å². The molecule has 1 saturated heterocycles. The van der Waals surface area contributed by atoms with Crippen LogP contribution in [0.5, 0.6) is 0 Å². The third-order valence-electron chi connectivity index (χ3n) is 2.60. The molecule has 14 heavy (non-hydrogen) atoms. The summed E-state index contributed by atoms with van der Waals surface area (Å²) < 4.78 is 5.17. The molecular formula is C10H22N2O2. The number of nitrogens with zero attached hydrogens (tertiary/aromatic N) is 1. The van der Waals surface area contributed by atoms with Crippen LogP contribution < -0.4 is 5.43 Å². The minimum Gasteiger partial charge on any atom is -0.394 e. The van der Waals surface area contributed by atoms with Gasteiger partial charge >= 0.3 is 0 Å². The summed E-state index contributed by atoms with van der Waals surface area (Å²) in [5.41, 5.74) is 3.36. The molecule has 0 aromatic rings. The number of piperidine rings is 1. The first kappa shape index (κ1) is 11.9. The van der Waals surface area contributed by atoms with E-state index in [-0.39, 0.29) is 6.61 Å². The molecule has 0 aliphatic carbocycles. The van der Waals surface area contributed by atoms with Crippen LogP contribution in [0.25, 0.3) is 0 Å². The average molecular weight is 202 g/mol. The number of ether oxygens (including phenoxy) is 1. The Hall–Kier alpha value is -0.160. The molecule has 0 aromatic carbocycles. The second-order valence-electron chi connectivity index (χ2n) is 3.78. The van der Waals surface area contributed by atoms with Crippen molar-refractivity contribution in [2.24, 2.45) is 0 Å². The van der Waals surface area contributed by atoms with E-state index in [1.54, 1.807) is 0 Å². The summed E-state index contributed by atoms with van der Waals surface area (Å²) in [7, 11) is 0. The van der Waals surface area contributed by atoms with Gasteiger partial charge in [0, 0.05) is 19.1 Å². The molecule has 1 atom stereocenters. The largest absolute Gasteiger partial charge is 0.394 e. The van der Waals surface area contributed by atoms with E-state index in [4.69, 9.17) is 9.84 Å². The van der Waals surface area contributed by atoms with Crippen molar-refractivity contribution < 1.29 is 9.84 Å². The van der Waals surface area contributed by atoms with Gasteiger partial charge in [-0.1, -0.05) is 6.42 Å². The summed E-state index contributed by atoms with van der Waals surface area (Å²) >= 11 is 0. The van der Waals surface area contributed by atoms with Gasteiger partial charge in [-0.25, -0.2) is 5.01 Å². The Morgan fingerprint density at radius 3 is 3.00 bits per heavy atom. The molecule has 2 N–H and O–H groups in total. The zero-order valence-corrected chi connectivity index (χ0v) is 9.04. The normalized spacial score (nSPS) is 24.0. The zero-order chi connectivity index (χ0) is 10.2. The molecule has 4 nitrogen and oxygen atoms in total. The van der Waals surface area contributed by atoms with Gasteiger partial charge < -0.3 is 9.84 Å². The Balaban J connectivity index is 1.99. The maximum atomic E-state index is 8.50. The van der Waals surface area contributed by atoms with E-state index in [2.05, 4.69) is 17.4 Å². The van der Waals surface area contributed by atoms with Crippen LogP contribution in [-0.4, -0.2) is 49.1 Å². The summed E-state index contributed by atoms with van der Waals surface area (Å²) in [6.07, 6.45) is 3.92. The first-order valence-corrected chi connectivity index (χ1v) is 5.53. The number of hydrogen-bond donors (Lipinski definition) is 2. The minimum absolute atomic E-state index is 0.111. The van der Waals surface area contributed by atoms with Gasteiger partial charge in [0.25, 0.3) is 0 Å².